The van der Waals surface area contributed by atoms with E-state index in [2.05, 4.69) is 139 Å². The maximum Gasteiger partial charge on any atom is 0.163 e. The molecule has 0 saturated carbocycles. The van der Waals surface area contributed by atoms with Crippen molar-refractivity contribution in [3.05, 3.63) is 139 Å². The Morgan fingerprint density at radius 1 is 0.436 bits per heavy atom. The monoisotopic (exact) mass is 501 g/mol. The average Bonchev–Trinajstić information content (AvgIpc) is 3.24. The lowest BCUT2D eigenvalue weighted by atomic mass is 9.82. The van der Waals surface area contributed by atoms with E-state index in [-0.39, 0.29) is 5.41 Å². The van der Waals surface area contributed by atoms with Crippen LogP contribution in [0.3, 0.4) is 0 Å². The molecule has 0 fully saturated rings. The minimum absolute atomic E-state index is 0.0673. The highest BCUT2D eigenvalue weighted by Crippen LogP contribution is 2.49. The number of hydrogen-bond donors (Lipinski definition) is 0. The quantitative estimate of drug-likeness (QED) is 0.242. The first-order valence-electron chi connectivity index (χ1n) is 13.3. The largest absolute Gasteiger partial charge is 0.217 e. The van der Waals surface area contributed by atoms with Gasteiger partial charge in [-0.3, -0.25) is 0 Å². The highest BCUT2D eigenvalue weighted by Gasteiger charge is 2.35. The molecule has 0 saturated heterocycles. The average molecular weight is 502 g/mol. The Morgan fingerprint density at radius 3 is 1.74 bits per heavy atom. The fourth-order valence-electron chi connectivity index (χ4n) is 5.74. The van der Waals surface area contributed by atoms with Crippen LogP contribution >= 0.6 is 0 Å². The normalized spacial score (nSPS) is 13.1. The fraction of sp³-hybridized carbons (Fsp3) is 0.0833. The van der Waals surface area contributed by atoms with Crippen LogP contribution in [-0.4, -0.2) is 15.0 Å². The first kappa shape index (κ1) is 23.2. The molecule has 0 radical (unpaired) electrons. The molecule has 186 valence electrons. The molecular weight excluding hydrogens is 474 g/mol. The molecule has 0 aliphatic heterocycles. The molecule has 6 aromatic rings. The van der Waals surface area contributed by atoms with Crippen LogP contribution < -0.4 is 0 Å². The maximum atomic E-state index is 4.90. The Balaban J connectivity index is 1.21. The van der Waals surface area contributed by atoms with E-state index in [4.69, 9.17) is 4.98 Å². The molecule has 0 spiro atoms. The molecule has 5 aromatic carbocycles. The third-order valence-electron chi connectivity index (χ3n) is 7.86. The predicted octanol–water partition coefficient (Wildman–Crippen LogP) is 8.85. The van der Waals surface area contributed by atoms with Gasteiger partial charge >= 0.3 is 0 Å². The van der Waals surface area contributed by atoms with Gasteiger partial charge < -0.3 is 0 Å². The van der Waals surface area contributed by atoms with Gasteiger partial charge in [-0.2, -0.15) is 0 Å². The van der Waals surface area contributed by atoms with Crippen molar-refractivity contribution in [1.82, 2.24) is 15.0 Å². The Kier molecular flexibility index (Phi) is 5.45. The van der Waals surface area contributed by atoms with Crippen LogP contribution in [0.15, 0.2) is 128 Å². The Hall–Kier alpha value is -4.89. The second kappa shape index (κ2) is 9.14. The summed E-state index contributed by atoms with van der Waals surface area (Å²) in [4.78, 5) is 14.0. The molecule has 1 aliphatic carbocycles. The van der Waals surface area contributed by atoms with Gasteiger partial charge in [-0.1, -0.05) is 123 Å². The van der Waals surface area contributed by atoms with Crippen LogP contribution in [-0.2, 0) is 5.41 Å². The number of nitrogens with zero attached hydrogens (tertiary/aromatic N) is 3. The van der Waals surface area contributed by atoms with Gasteiger partial charge in [-0.05, 0) is 56.6 Å². The zero-order valence-electron chi connectivity index (χ0n) is 22.0. The van der Waals surface area contributed by atoms with Gasteiger partial charge in [-0.25, -0.2) is 15.0 Å². The zero-order valence-corrected chi connectivity index (χ0v) is 22.0. The van der Waals surface area contributed by atoms with E-state index >= 15 is 0 Å². The summed E-state index contributed by atoms with van der Waals surface area (Å²) in [6, 6.07) is 42.8. The number of fused-ring (bicyclic) bond motifs is 3. The van der Waals surface area contributed by atoms with E-state index in [1.54, 1.807) is 6.33 Å². The molecule has 39 heavy (non-hydrogen) atoms. The van der Waals surface area contributed by atoms with Crippen LogP contribution in [0.1, 0.15) is 25.0 Å². The molecule has 3 heteroatoms. The molecule has 7 rings (SSSR count). The van der Waals surface area contributed by atoms with Crippen molar-refractivity contribution in [2.75, 3.05) is 0 Å². The van der Waals surface area contributed by atoms with E-state index in [0.717, 1.165) is 22.3 Å². The summed E-state index contributed by atoms with van der Waals surface area (Å²) in [7, 11) is 0. The van der Waals surface area contributed by atoms with Crippen molar-refractivity contribution in [1.29, 1.82) is 0 Å². The lowest BCUT2D eigenvalue weighted by Gasteiger charge is -2.21. The zero-order chi connectivity index (χ0) is 26.4. The lowest BCUT2D eigenvalue weighted by molar-refractivity contribution is 0.660. The topological polar surface area (TPSA) is 38.7 Å². The highest BCUT2D eigenvalue weighted by atomic mass is 15.0. The molecule has 1 aliphatic rings. The van der Waals surface area contributed by atoms with Gasteiger partial charge in [0.15, 0.2) is 11.6 Å². The Bertz CT molecular complexity index is 1820. The van der Waals surface area contributed by atoms with Gasteiger partial charge in [-0.15, -0.1) is 0 Å². The van der Waals surface area contributed by atoms with Gasteiger partial charge in [0.1, 0.15) is 6.33 Å². The molecule has 0 N–H and O–H groups in total. The van der Waals surface area contributed by atoms with Gasteiger partial charge in [0.25, 0.3) is 0 Å². The predicted molar refractivity (Wildman–Crippen MR) is 159 cm³/mol. The third-order valence-corrected chi connectivity index (χ3v) is 7.86. The smallest absolute Gasteiger partial charge is 0.163 e. The van der Waals surface area contributed by atoms with Crippen LogP contribution in [0.2, 0.25) is 0 Å². The molecule has 1 aromatic heterocycles. The van der Waals surface area contributed by atoms with Crippen molar-refractivity contribution in [3.63, 3.8) is 0 Å². The van der Waals surface area contributed by atoms with E-state index < -0.39 is 0 Å². The summed E-state index contributed by atoms with van der Waals surface area (Å²) >= 11 is 0. The fourth-order valence-corrected chi connectivity index (χ4v) is 5.74. The molecule has 1 heterocycles. The summed E-state index contributed by atoms with van der Waals surface area (Å²) in [5, 5.41) is 0. The maximum absolute atomic E-state index is 4.90. The van der Waals surface area contributed by atoms with Crippen molar-refractivity contribution in [3.8, 4) is 56.2 Å². The highest BCUT2D eigenvalue weighted by molar-refractivity contribution is 5.83. The second-order valence-corrected chi connectivity index (χ2v) is 10.6. The number of aromatic nitrogens is 3. The molecule has 0 atom stereocenters. The van der Waals surface area contributed by atoms with Gasteiger partial charge in [0, 0.05) is 16.5 Å². The number of benzene rings is 5. The summed E-state index contributed by atoms with van der Waals surface area (Å²) in [5.74, 6) is 1.36. The Morgan fingerprint density at radius 2 is 0.974 bits per heavy atom. The summed E-state index contributed by atoms with van der Waals surface area (Å²) < 4.78 is 0. The minimum atomic E-state index is -0.0673. The molecule has 0 amide bonds. The number of hydrogen-bond acceptors (Lipinski definition) is 3. The van der Waals surface area contributed by atoms with Crippen molar-refractivity contribution < 1.29 is 0 Å². The molecule has 3 nitrogen and oxygen atoms in total. The second-order valence-electron chi connectivity index (χ2n) is 10.6. The van der Waals surface area contributed by atoms with Crippen molar-refractivity contribution in [2.45, 2.75) is 19.3 Å². The van der Waals surface area contributed by atoms with E-state index in [9.17, 15) is 0 Å². The summed E-state index contributed by atoms with van der Waals surface area (Å²) in [6.07, 6.45) is 1.62. The lowest BCUT2D eigenvalue weighted by Crippen LogP contribution is -2.15. The standard InChI is InChI=1S/C36H27N3/c1-36(2)32-14-7-6-13-30(32)31-20-19-29(22-33(31)36)35-38-23-37-34(39-35)28-12-8-11-27(21-28)26-17-15-25(16-18-26)24-9-4-3-5-10-24/h3-23H,1-2H3. The van der Waals surface area contributed by atoms with E-state index in [1.807, 2.05) is 6.07 Å². The van der Waals surface area contributed by atoms with Crippen molar-refractivity contribution >= 4 is 0 Å². The minimum Gasteiger partial charge on any atom is -0.217 e. The SMILES string of the molecule is CC1(C)c2ccccc2-c2ccc(-c3ncnc(-c4cccc(-c5ccc(-c6ccccc6)cc5)c4)n3)cc21. The van der Waals surface area contributed by atoms with Gasteiger partial charge in [0.05, 0.1) is 0 Å². The first-order valence-corrected chi connectivity index (χ1v) is 13.3. The Labute approximate surface area is 228 Å². The van der Waals surface area contributed by atoms with E-state index in [0.29, 0.717) is 11.6 Å². The molecule has 0 unspecified atom stereocenters. The van der Waals surface area contributed by atoms with Crippen molar-refractivity contribution in [2.24, 2.45) is 0 Å². The molecule has 0 bridgehead atoms. The van der Waals surface area contributed by atoms with Crippen LogP contribution in [0, 0.1) is 0 Å². The van der Waals surface area contributed by atoms with Crippen LogP contribution in [0.4, 0.5) is 0 Å². The summed E-state index contributed by atoms with van der Waals surface area (Å²) in [5.41, 5.74) is 11.9. The van der Waals surface area contributed by atoms with Crippen LogP contribution in [0.25, 0.3) is 56.2 Å². The number of rotatable bonds is 4. The molecular formula is C36H27N3. The summed E-state index contributed by atoms with van der Waals surface area (Å²) in [6.45, 7) is 4.58. The van der Waals surface area contributed by atoms with E-state index in [1.165, 1.54) is 33.4 Å². The van der Waals surface area contributed by atoms with Gasteiger partial charge in [0.2, 0.25) is 0 Å². The third kappa shape index (κ3) is 4.04. The van der Waals surface area contributed by atoms with Crippen LogP contribution in [0.5, 0.6) is 0 Å². The first-order chi connectivity index (χ1) is 19.1.